The van der Waals surface area contributed by atoms with E-state index >= 15 is 0 Å². The Morgan fingerprint density at radius 2 is 1.85 bits per heavy atom. The van der Waals surface area contributed by atoms with E-state index in [4.69, 9.17) is 4.74 Å². The summed E-state index contributed by atoms with van der Waals surface area (Å²) in [7, 11) is -3.78. The highest BCUT2D eigenvalue weighted by Gasteiger charge is 2.22. The van der Waals surface area contributed by atoms with Gasteiger partial charge in [-0.1, -0.05) is 30.3 Å². The van der Waals surface area contributed by atoms with Gasteiger partial charge in [-0.05, 0) is 29.8 Å². The van der Waals surface area contributed by atoms with E-state index in [1.54, 1.807) is 25.1 Å². The Hall–Kier alpha value is -2.00. The van der Waals surface area contributed by atoms with Gasteiger partial charge in [-0.25, -0.2) is 8.42 Å². The van der Waals surface area contributed by atoms with Crippen LogP contribution in [0.2, 0.25) is 0 Å². The zero-order valence-electron chi connectivity index (χ0n) is 15.3. The summed E-state index contributed by atoms with van der Waals surface area (Å²) in [5.74, 6) is -0.340. The lowest BCUT2D eigenvalue weighted by atomic mass is 10.1. The van der Waals surface area contributed by atoms with Gasteiger partial charge in [-0.3, -0.25) is 9.69 Å². The minimum atomic E-state index is -3.78. The average Bonchev–Trinajstić information content (AvgIpc) is 2.68. The number of hydrogen-bond acceptors (Lipinski definition) is 5. The number of rotatable bonds is 7. The first-order chi connectivity index (χ1) is 13.0. The molecular formula is C19H25N3O4S. The summed E-state index contributed by atoms with van der Waals surface area (Å²) < 4.78 is 32.9. The molecule has 2 aromatic rings. The Labute approximate surface area is 159 Å². The molecule has 27 heavy (non-hydrogen) atoms. The van der Waals surface area contributed by atoms with Crippen LogP contribution in [-0.2, 0) is 19.6 Å². The molecule has 0 aliphatic carbocycles. The third-order valence-electron chi connectivity index (χ3n) is 4.59. The van der Waals surface area contributed by atoms with Crippen LogP contribution in [-0.4, -0.2) is 64.7 Å². The van der Waals surface area contributed by atoms with Crippen molar-refractivity contribution < 1.29 is 17.9 Å². The predicted octanol–water partition coefficient (Wildman–Crippen LogP) is 0.955. The largest absolute Gasteiger partial charge is 0.379 e. The molecule has 0 spiro atoms. The number of carbonyl (C=O) groups excluding carboxylic acids is 1. The zero-order chi connectivity index (χ0) is 19.3. The molecule has 0 aromatic heterocycles. The first kappa shape index (κ1) is 19.8. The van der Waals surface area contributed by atoms with Crippen LogP contribution in [0.5, 0.6) is 0 Å². The summed E-state index contributed by atoms with van der Waals surface area (Å²) in [5.41, 5.74) is 0. The van der Waals surface area contributed by atoms with E-state index in [1.165, 1.54) is 0 Å². The number of nitrogens with one attached hydrogen (secondary N) is 2. The third-order valence-corrected chi connectivity index (χ3v) is 6.13. The van der Waals surface area contributed by atoms with Gasteiger partial charge >= 0.3 is 0 Å². The van der Waals surface area contributed by atoms with Gasteiger partial charge in [0.1, 0.15) is 0 Å². The summed E-state index contributed by atoms with van der Waals surface area (Å²) in [6.45, 7) is 5.84. The molecule has 2 aromatic carbocycles. The summed E-state index contributed by atoms with van der Waals surface area (Å²) in [4.78, 5) is 14.6. The molecular weight excluding hydrogens is 366 g/mol. The molecule has 2 N–H and O–H groups in total. The lowest BCUT2D eigenvalue weighted by Gasteiger charge is -2.26. The van der Waals surface area contributed by atoms with E-state index in [-0.39, 0.29) is 10.8 Å². The third kappa shape index (κ3) is 5.26. The molecule has 0 radical (unpaired) electrons. The van der Waals surface area contributed by atoms with Gasteiger partial charge in [-0.2, -0.15) is 4.72 Å². The van der Waals surface area contributed by atoms with Crippen LogP contribution in [0.15, 0.2) is 47.4 Å². The van der Waals surface area contributed by atoms with E-state index in [0.29, 0.717) is 19.8 Å². The van der Waals surface area contributed by atoms with E-state index in [9.17, 15) is 13.2 Å². The number of fused-ring (bicyclic) bond motifs is 1. The average molecular weight is 391 g/mol. The topological polar surface area (TPSA) is 87.7 Å². The molecule has 3 rings (SSSR count). The normalized spacial score (nSPS) is 16.9. The van der Waals surface area contributed by atoms with Crippen molar-refractivity contribution in [2.24, 2.45) is 0 Å². The molecule has 0 bridgehead atoms. The van der Waals surface area contributed by atoms with Crippen molar-refractivity contribution in [3.8, 4) is 0 Å². The standard InChI is InChI=1S/C19H25N3O4S/c1-15(19(23)20-8-9-22-10-12-26-13-11-22)21-27(24,25)18-7-6-16-4-2-3-5-17(16)14-18/h2-7,14-15,21H,8-13H2,1H3,(H,20,23)/t15-/m0/s1. The van der Waals surface area contributed by atoms with Crippen molar-refractivity contribution in [1.29, 1.82) is 0 Å². The molecule has 1 aliphatic heterocycles. The summed E-state index contributed by atoms with van der Waals surface area (Å²) in [5, 5.41) is 4.58. The number of carbonyl (C=O) groups is 1. The molecule has 1 saturated heterocycles. The van der Waals surface area contributed by atoms with Crippen LogP contribution in [0.3, 0.4) is 0 Å². The van der Waals surface area contributed by atoms with Gasteiger partial charge in [0.15, 0.2) is 0 Å². The number of hydrogen-bond donors (Lipinski definition) is 2. The number of benzene rings is 2. The molecule has 7 nitrogen and oxygen atoms in total. The number of nitrogens with zero attached hydrogens (tertiary/aromatic N) is 1. The second kappa shape index (κ2) is 8.79. The van der Waals surface area contributed by atoms with Gasteiger partial charge in [0.05, 0.1) is 24.2 Å². The van der Waals surface area contributed by atoms with Gasteiger partial charge in [0.25, 0.3) is 0 Å². The summed E-state index contributed by atoms with van der Waals surface area (Å²) >= 11 is 0. The summed E-state index contributed by atoms with van der Waals surface area (Å²) in [6.07, 6.45) is 0. The lowest BCUT2D eigenvalue weighted by molar-refractivity contribution is -0.122. The van der Waals surface area contributed by atoms with Gasteiger partial charge < -0.3 is 10.1 Å². The molecule has 0 saturated carbocycles. The second-order valence-electron chi connectivity index (χ2n) is 6.60. The number of sulfonamides is 1. The molecule has 1 atom stereocenters. The van der Waals surface area contributed by atoms with E-state index in [0.717, 1.165) is 30.4 Å². The number of ether oxygens (including phenoxy) is 1. The van der Waals surface area contributed by atoms with Crippen molar-refractivity contribution in [3.05, 3.63) is 42.5 Å². The van der Waals surface area contributed by atoms with Crippen LogP contribution >= 0.6 is 0 Å². The highest BCUT2D eigenvalue weighted by molar-refractivity contribution is 7.89. The van der Waals surface area contributed by atoms with Crippen molar-refractivity contribution in [3.63, 3.8) is 0 Å². The first-order valence-corrected chi connectivity index (χ1v) is 10.5. The van der Waals surface area contributed by atoms with E-state index < -0.39 is 16.1 Å². The van der Waals surface area contributed by atoms with Gasteiger partial charge in [0.2, 0.25) is 15.9 Å². The maximum atomic E-state index is 12.6. The fourth-order valence-corrected chi connectivity index (χ4v) is 4.24. The highest BCUT2D eigenvalue weighted by Crippen LogP contribution is 2.19. The fraction of sp³-hybridized carbons (Fsp3) is 0.421. The Bertz CT molecular complexity index is 895. The van der Waals surface area contributed by atoms with Crippen molar-refractivity contribution in [1.82, 2.24) is 14.9 Å². The van der Waals surface area contributed by atoms with Crippen LogP contribution < -0.4 is 10.0 Å². The van der Waals surface area contributed by atoms with Crippen LogP contribution in [0, 0.1) is 0 Å². The maximum absolute atomic E-state index is 12.6. The molecule has 146 valence electrons. The Morgan fingerprint density at radius 3 is 2.59 bits per heavy atom. The van der Waals surface area contributed by atoms with Gasteiger partial charge in [0, 0.05) is 26.2 Å². The van der Waals surface area contributed by atoms with Crippen LogP contribution in [0.1, 0.15) is 6.92 Å². The zero-order valence-corrected chi connectivity index (χ0v) is 16.2. The van der Waals surface area contributed by atoms with Crippen LogP contribution in [0.25, 0.3) is 10.8 Å². The van der Waals surface area contributed by atoms with Crippen molar-refractivity contribution >= 4 is 26.7 Å². The maximum Gasteiger partial charge on any atom is 0.241 e. The van der Waals surface area contributed by atoms with E-state index in [2.05, 4.69) is 14.9 Å². The second-order valence-corrected chi connectivity index (χ2v) is 8.31. The SMILES string of the molecule is C[C@H](NS(=O)(=O)c1ccc2ccccc2c1)C(=O)NCCN1CCOCC1. The van der Waals surface area contributed by atoms with Gasteiger partial charge in [-0.15, -0.1) is 0 Å². The Kier molecular flexibility index (Phi) is 6.43. The Balaban J connectivity index is 1.55. The number of amides is 1. The molecule has 1 heterocycles. The minimum absolute atomic E-state index is 0.147. The fourth-order valence-electron chi connectivity index (χ4n) is 3.00. The van der Waals surface area contributed by atoms with Crippen LogP contribution in [0.4, 0.5) is 0 Å². The van der Waals surface area contributed by atoms with E-state index in [1.807, 2.05) is 24.3 Å². The Morgan fingerprint density at radius 1 is 1.15 bits per heavy atom. The molecule has 8 heteroatoms. The summed E-state index contributed by atoms with van der Waals surface area (Å²) in [6, 6.07) is 11.6. The lowest BCUT2D eigenvalue weighted by Crippen LogP contribution is -2.47. The first-order valence-electron chi connectivity index (χ1n) is 9.05. The smallest absolute Gasteiger partial charge is 0.241 e. The molecule has 0 unspecified atom stereocenters. The molecule has 1 amide bonds. The van der Waals surface area contributed by atoms with Crippen molar-refractivity contribution in [2.45, 2.75) is 17.9 Å². The number of morpholine rings is 1. The molecule has 1 aliphatic rings. The highest BCUT2D eigenvalue weighted by atomic mass is 32.2. The van der Waals surface area contributed by atoms with Crippen molar-refractivity contribution in [2.75, 3.05) is 39.4 Å². The monoisotopic (exact) mass is 391 g/mol. The minimum Gasteiger partial charge on any atom is -0.379 e. The molecule has 1 fully saturated rings. The predicted molar refractivity (Wildman–Crippen MR) is 104 cm³/mol. The quantitative estimate of drug-likeness (QED) is 0.734.